The number of rotatable bonds is 2. The van der Waals surface area contributed by atoms with Gasteiger partial charge in [0.2, 0.25) is 0 Å². The average molecular weight is 354 g/mol. The first kappa shape index (κ1) is 16.0. The van der Waals surface area contributed by atoms with Gasteiger partial charge in [0.1, 0.15) is 11.5 Å². The molecule has 5 nitrogen and oxygen atoms in total. The molecule has 3 heterocycles. The van der Waals surface area contributed by atoms with E-state index < -0.39 is 5.82 Å². The van der Waals surface area contributed by atoms with E-state index in [0.29, 0.717) is 16.5 Å². The van der Waals surface area contributed by atoms with Crippen molar-refractivity contribution in [1.82, 2.24) is 24.6 Å². The summed E-state index contributed by atoms with van der Waals surface area (Å²) in [6.45, 7) is 2.50. The highest BCUT2D eigenvalue weighted by Crippen LogP contribution is 2.25. The molecule has 1 aromatic carbocycles. The Bertz CT molecular complexity index is 819. The highest BCUT2D eigenvalue weighted by molar-refractivity contribution is 6.30. The maximum atomic E-state index is 14.2. The lowest BCUT2D eigenvalue weighted by Gasteiger charge is -2.13. The molecule has 0 atom stereocenters. The molecule has 0 unspecified atom stereocenters. The number of hydrogen-bond donors (Lipinski definition) is 1. The summed E-state index contributed by atoms with van der Waals surface area (Å²) in [6, 6.07) is 6.58. The Hall–Kier alpha value is -1.89. The van der Waals surface area contributed by atoms with E-state index in [1.807, 2.05) is 10.7 Å². The van der Waals surface area contributed by atoms with Gasteiger partial charge in [-0.3, -0.25) is 9.25 Å². The van der Waals surface area contributed by atoms with Crippen LogP contribution in [0.5, 0.6) is 0 Å². The van der Waals surface area contributed by atoms with Crippen LogP contribution >= 0.6 is 24.0 Å². The zero-order chi connectivity index (χ0) is 15.1. The minimum Gasteiger partial charge on any atom is -0.309 e. The number of hydrogen-bond acceptors (Lipinski definition) is 3. The molecule has 2 aromatic heterocycles. The van der Waals surface area contributed by atoms with Crippen LogP contribution in [0.2, 0.25) is 5.02 Å². The van der Waals surface area contributed by atoms with Crippen LogP contribution in [0.3, 0.4) is 0 Å². The second-order valence-electron chi connectivity index (χ2n) is 5.14. The summed E-state index contributed by atoms with van der Waals surface area (Å²) in [4.78, 5) is 4.34. The molecule has 0 fully saturated rings. The van der Waals surface area contributed by atoms with Gasteiger partial charge in [0.15, 0.2) is 5.82 Å². The van der Waals surface area contributed by atoms with Crippen LogP contribution in [0.4, 0.5) is 4.39 Å². The Morgan fingerprint density at radius 2 is 2.13 bits per heavy atom. The van der Waals surface area contributed by atoms with Gasteiger partial charge in [-0.2, -0.15) is 5.10 Å². The van der Waals surface area contributed by atoms with Crippen LogP contribution in [-0.4, -0.2) is 25.9 Å². The summed E-state index contributed by atoms with van der Waals surface area (Å²) in [5.74, 6) is 0.223. The van der Waals surface area contributed by atoms with Crippen molar-refractivity contribution in [3.05, 3.63) is 53.2 Å². The number of aromatic nitrogens is 4. The molecule has 1 N–H and O–H groups in total. The second kappa shape index (κ2) is 6.31. The number of nitrogens with one attached hydrogen (secondary N) is 1. The zero-order valence-corrected chi connectivity index (χ0v) is 13.6. The van der Waals surface area contributed by atoms with Crippen molar-refractivity contribution in [2.75, 3.05) is 6.54 Å². The Morgan fingerprint density at radius 3 is 2.91 bits per heavy atom. The smallest absolute Gasteiger partial charge is 0.165 e. The fourth-order valence-electron chi connectivity index (χ4n) is 2.67. The van der Waals surface area contributed by atoms with Crippen LogP contribution in [-0.2, 0) is 13.1 Å². The predicted molar refractivity (Wildman–Crippen MR) is 88.7 cm³/mol. The molecule has 0 saturated heterocycles. The number of halogens is 3. The third-order valence-electron chi connectivity index (χ3n) is 3.71. The van der Waals surface area contributed by atoms with Crippen molar-refractivity contribution in [3.8, 4) is 17.2 Å². The largest absolute Gasteiger partial charge is 0.309 e. The maximum Gasteiger partial charge on any atom is 0.165 e. The monoisotopic (exact) mass is 353 g/mol. The summed E-state index contributed by atoms with van der Waals surface area (Å²) in [5, 5.41) is 8.24. The molecule has 0 aliphatic carbocycles. The topological polar surface area (TPSA) is 47.7 Å². The van der Waals surface area contributed by atoms with Crippen molar-refractivity contribution in [2.24, 2.45) is 0 Å². The van der Waals surface area contributed by atoms with E-state index in [2.05, 4.69) is 15.4 Å². The van der Waals surface area contributed by atoms with E-state index in [4.69, 9.17) is 11.6 Å². The highest BCUT2D eigenvalue weighted by Gasteiger charge is 2.17. The summed E-state index contributed by atoms with van der Waals surface area (Å²) < 4.78 is 17.8. The SMILES string of the molecule is Cl.Fc1cc(Cl)ccc1-n1ccnc1-c1cc2n(n1)CCNC2. The number of fused-ring (bicyclic) bond motifs is 1. The van der Waals surface area contributed by atoms with Gasteiger partial charge >= 0.3 is 0 Å². The first-order valence-electron chi connectivity index (χ1n) is 6.99. The second-order valence-corrected chi connectivity index (χ2v) is 5.57. The van der Waals surface area contributed by atoms with Crippen molar-refractivity contribution in [2.45, 2.75) is 13.1 Å². The molecular formula is C15H14Cl2FN5. The van der Waals surface area contributed by atoms with Gasteiger partial charge in [0, 0.05) is 30.5 Å². The minimum atomic E-state index is -0.391. The van der Waals surface area contributed by atoms with Crippen molar-refractivity contribution in [1.29, 1.82) is 0 Å². The van der Waals surface area contributed by atoms with Gasteiger partial charge in [-0.05, 0) is 24.3 Å². The molecule has 0 radical (unpaired) electrons. The minimum absolute atomic E-state index is 0. The molecule has 3 aromatic rings. The van der Waals surface area contributed by atoms with E-state index in [1.54, 1.807) is 29.1 Å². The lowest BCUT2D eigenvalue weighted by Crippen LogP contribution is -2.28. The Labute approximate surface area is 143 Å². The summed E-state index contributed by atoms with van der Waals surface area (Å²) >= 11 is 5.82. The molecular weight excluding hydrogens is 340 g/mol. The summed E-state index contributed by atoms with van der Waals surface area (Å²) in [6.07, 6.45) is 3.36. The molecule has 120 valence electrons. The molecule has 23 heavy (non-hydrogen) atoms. The Balaban J connectivity index is 0.00000156. The van der Waals surface area contributed by atoms with Gasteiger partial charge in [0.25, 0.3) is 0 Å². The van der Waals surface area contributed by atoms with E-state index >= 15 is 0 Å². The fraction of sp³-hybridized carbons (Fsp3) is 0.200. The predicted octanol–water partition coefficient (Wildman–Crippen LogP) is 3.05. The van der Waals surface area contributed by atoms with Crippen molar-refractivity contribution < 1.29 is 4.39 Å². The van der Waals surface area contributed by atoms with Crippen LogP contribution in [0, 0.1) is 5.82 Å². The first-order chi connectivity index (χ1) is 10.7. The summed E-state index contributed by atoms with van der Waals surface area (Å²) in [7, 11) is 0. The van der Waals surface area contributed by atoms with Gasteiger partial charge in [0.05, 0.1) is 17.9 Å². The van der Waals surface area contributed by atoms with E-state index in [9.17, 15) is 4.39 Å². The van der Waals surface area contributed by atoms with Crippen LogP contribution < -0.4 is 5.32 Å². The van der Waals surface area contributed by atoms with Crippen molar-refractivity contribution in [3.63, 3.8) is 0 Å². The fourth-order valence-corrected chi connectivity index (χ4v) is 2.82. The Kier molecular flexibility index (Phi) is 4.39. The number of nitrogens with zero attached hydrogens (tertiary/aromatic N) is 4. The van der Waals surface area contributed by atoms with Crippen LogP contribution in [0.25, 0.3) is 17.2 Å². The molecule has 8 heteroatoms. The van der Waals surface area contributed by atoms with Gasteiger partial charge in [-0.1, -0.05) is 11.6 Å². The molecule has 0 amide bonds. The lowest BCUT2D eigenvalue weighted by molar-refractivity contribution is 0.476. The standard InChI is InChI=1S/C15H13ClFN5.ClH/c16-10-1-2-14(12(17)7-10)21-5-4-19-15(21)13-8-11-9-18-3-6-22(11)20-13;/h1-2,4-5,7-8,18H,3,6,9H2;1H. The first-order valence-corrected chi connectivity index (χ1v) is 7.37. The number of benzene rings is 1. The molecule has 1 aliphatic rings. The van der Waals surface area contributed by atoms with E-state index in [1.165, 1.54) is 6.07 Å². The summed E-state index contributed by atoms with van der Waals surface area (Å²) in [5.41, 5.74) is 2.24. The van der Waals surface area contributed by atoms with Crippen LogP contribution in [0.15, 0.2) is 36.7 Å². The lowest BCUT2D eigenvalue weighted by atomic mass is 10.2. The Morgan fingerprint density at radius 1 is 1.26 bits per heavy atom. The van der Waals surface area contributed by atoms with Gasteiger partial charge in [-0.15, -0.1) is 12.4 Å². The quantitative estimate of drug-likeness (QED) is 0.770. The molecule has 0 spiro atoms. The highest BCUT2D eigenvalue weighted by atomic mass is 35.5. The van der Waals surface area contributed by atoms with E-state index in [-0.39, 0.29) is 12.4 Å². The molecule has 1 aliphatic heterocycles. The van der Waals surface area contributed by atoms with E-state index in [0.717, 1.165) is 31.0 Å². The molecule has 0 saturated carbocycles. The van der Waals surface area contributed by atoms with Gasteiger partial charge in [-0.25, -0.2) is 9.37 Å². The zero-order valence-electron chi connectivity index (χ0n) is 12.0. The number of imidazole rings is 1. The third-order valence-corrected chi connectivity index (χ3v) is 3.94. The van der Waals surface area contributed by atoms with Gasteiger partial charge < -0.3 is 5.32 Å². The van der Waals surface area contributed by atoms with Crippen molar-refractivity contribution >= 4 is 24.0 Å². The molecule has 4 rings (SSSR count). The average Bonchev–Trinajstić information content (AvgIpc) is 3.13. The third kappa shape index (κ3) is 2.85. The van der Waals surface area contributed by atoms with Crippen LogP contribution in [0.1, 0.15) is 5.69 Å². The molecule has 0 bridgehead atoms. The normalized spacial score (nSPS) is 13.5. The maximum absolute atomic E-state index is 14.2.